The van der Waals surface area contributed by atoms with Crippen molar-refractivity contribution in [3.8, 4) is 11.5 Å². The van der Waals surface area contributed by atoms with Crippen molar-refractivity contribution in [2.75, 3.05) is 14.2 Å². The van der Waals surface area contributed by atoms with E-state index in [1.807, 2.05) is 38.1 Å². The molecule has 4 nitrogen and oxygen atoms in total. The molecular weight excluding hydrogens is 328 g/mol. The maximum atomic E-state index is 5.99. The van der Waals surface area contributed by atoms with Crippen LogP contribution >= 0.6 is 0 Å². The predicted molar refractivity (Wildman–Crippen MR) is 104 cm³/mol. The Kier molecular flexibility index (Phi) is 7.95. The van der Waals surface area contributed by atoms with Gasteiger partial charge in [0.1, 0.15) is 11.5 Å². The minimum Gasteiger partial charge on any atom is -0.497 e. The highest BCUT2D eigenvalue weighted by atomic mass is 16.5. The quantitative estimate of drug-likeness (QED) is 0.613. The van der Waals surface area contributed by atoms with Gasteiger partial charge in [0, 0.05) is 5.56 Å². The molecule has 0 radical (unpaired) electrons. The molecule has 0 bridgehead atoms. The molecule has 0 aliphatic carbocycles. The van der Waals surface area contributed by atoms with Crippen molar-refractivity contribution >= 4 is 0 Å². The van der Waals surface area contributed by atoms with E-state index < -0.39 is 0 Å². The van der Waals surface area contributed by atoms with Crippen LogP contribution in [-0.4, -0.2) is 26.4 Å². The zero-order valence-electron chi connectivity index (χ0n) is 16.5. The summed E-state index contributed by atoms with van der Waals surface area (Å²) in [5.41, 5.74) is 3.36. The SMILES string of the molecule is COc1cccc(COC(C)Cc2ccc(COC(C)C)c(OC)c2)c1. The number of rotatable bonds is 10. The highest BCUT2D eigenvalue weighted by Gasteiger charge is 2.10. The first-order valence-electron chi connectivity index (χ1n) is 9.03. The van der Waals surface area contributed by atoms with E-state index in [0.717, 1.165) is 29.0 Å². The molecular formula is C22H30O4. The molecule has 0 aliphatic rings. The van der Waals surface area contributed by atoms with E-state index in [1.54, 1.807) is 14.2 Å². The molecule has 142 valence electrons. The number of hydrogen-bond donors (Lipinski definition) is 0. The molecule has 2 aromatic rings. The minimum atomic E-state index is 0.101. The molecule has 0 saturated carbocycles. The molecule has 0 aliphatic heterocycles. The van der Waals surface area contributed by atoms with Crippen molar-refractivity contribution in [2.45, 2.75) is 52.6 Å². The highest BCUT2D eigenvalue weighted by molar-refractivity contribution is 5.37. The van der Waals surface area contributed by atoms with E-state index >= 15 is 0 Å². The van der Waals surface area contributed by atoms with Gasteiger partial charge in [-0.1, -0.05) is 24.3 Å². The number of ether oxygens (including phenoxy) is 4. The average molecular weight is 358 g/mol. The molecule has 0 saturated heterocycles. The number of benzene rings is 2. The summed E-state index contributed by atoms with van der Waals surface area (Å²) in [6, 6.07) is 14.2. The first-order chi connectivity index (χ1) is 12.5. The van der Waals surface area contributed by atoms with Gasteiger partial charge in [0.05, 0.1) is 39.6 Å². The van der Waals surface area contributed by atoms with Gasteiger partial charge in [0.15, 0.2) is 0 Å². The minimum absolute atomic E-state index is 0.101. The van der Waals surface area contributed by atoms with Crippen LogP contribution in [0, 0.1) is 0 Å². The van der Waals surface area contributed by atoms with Crippen LogP contribution in [0.15, 0.2) is 42.5 Å². The fourth-order valence-electron chi connectivity index (χ4n) is 2.68. The largest absolute Gasteiger partial charge is 0.497 e. The summed E-state index contributed by atoms with van der Waals surface area (Å²) in [5, 5.41) is 0. The lowest BCUT2D eigenvalue weighted by Gasteiger charge is -2.16. The van der Waals surface area contributed by atoms with Crippen LogP contribution in [0.25, 0.3) is 0 Å². The Morgan fingerprint density at radius 2 is 1.62 bits per heavy atom. The van der Waals surface area contributed by atoms with E-state index in [1.165, 1.54) is 5.56 Å². The van der Waals surface area contributed by atoms with Crippen LogP contribution in [0.3, 0.4) is 0 Å². The normalized spacial score (nSPS) is 12.2. The Hall–Kier alpha value is -2.04. The average Bonchev–Trinajstić information content (AvgIpc) is 2.65. The second kappa shape index (κ2) is 10.2. The lowest BCUT2D eigenvalue weighted by Crippen LogP contribution is -2.12. The maximum Gasteiger partial charge on any atom is 0.124 e. The van der Waals surface area contributed by atoms with Crippen molar-refractivity contribution in [2.24, 2.45) is 0 Å². The topological polar surface area (TPSA) is 36.9 Å². The molecule has 1 atom stereocenters. The third-order valence-electron chi connectivity index (χ3n) is 4.12. The summed E-state index contributed by atoms with van der Waals surface area (Å²) in [5.74, 6) is 1.71. The van der Waals surface area contributed by atoms with E-state index in [2.05, 4.69) is 25.1 Å². The van der Waals surface area contributed by atoms with Gasteiger partial charge in [0.2, 0.25) is 0 Å². The van der Waals surface area contributed by atoms with Gasteiger partial charge in [-0.25, -0.2) is 0 Å². The van der Waals surface area contributed by atoms with Crippen molar-refractivity contribution in [1.29, 1.82) is 0 Å². The molecule has 2 rings (SSSR count). The fraction of sp³-hybridized carbons (Fsp3) is 0.455. The van der Waals surface area contributed by atoms with Crippen molar-refractivity contribution < 1.29 is 18.9 Å². The molecule has 0 aromatic heterocycles. The third-order valence-corrected chi connectivity index (χ3v) is 4.12. The van der Waals surface area contributed by atoms with Crippen LogP contribution in [0.1, 0.15) is 37.5 Å². The molecule has 0 heterocycles. The molecule has 4 heteroatoms. The summed E-state index contributed by atoms with van der Waals surface area (Å²) in [6.07, 6.45) is 1.12. The summed E-state index contributed by atoms with van der Waals surface area (Å²) >= 11 is 0. The maximum absolute atomic E-state index is 5.99. The molecule has 0 amide bonds. The fourth-order valence-corrected chi connectivity index (χ4v) is 2.68. The second-order valence-corrected chi connectivity index (χ2v) is 6.68. The summed E-state index contributed by atoms with van der Waals surface area (Å²) in [7, 11) is 3.37. The Labute approximate surface area is 157 Å². The highest BCUT2D eigenvalue weighted by Crippen LogP contribution is 2.23. The van der Waals surface area contributed by atoms with Gasteiger partial charge >= 0.3 is 0 Å². The lowest BCUT2D eigenvalue weighted by atomic mass is 10.1. The van der Waals surface area contributed by atoms with E-state index in [4.69, 9.17) is 18.9 Å². The Bertz CT molecular complexity index is 682. The van der Waals surface area contributed by atoms with Crippen molar-refractivity contribution in [1.82, 2.24) is 0 Å². The molecule has 1 unspecified atom stereocenters. The van der Waals surface area contributed by atoms with E-state index in [-0.39, 0.29) is 12.2 Å². The van der Waals surface area contributed by atoms with Gasteiger partial charge in [0.25, 0.3) is 0 Å². The van der Waals surface area contributed by atoms with Gasteiger partial charge in [-0.05, 0) is 56.5 Å². The first kappa shape index (κ1) is 20.3. The van der Waals surface area contributed by atoms with Gasteiger partial charge in [-0.15, -0.1) is 0 Å². The summed E-state index contributed by atoms with van der Waals surface area (Å²) in [4.78, 5) is 0. The van der Waals surface area contributed by atoms with Crippen LogP contribution < -0.4 is 9.47 Å². The van der Waals surface area contributed by atoms with Crippen LogP contribution in [0.2, 0.25) is 0 Å². The van der Waals surface area contributed by atoms with Gasteiger partial charge in [-0.2, -0.15) is 0 Å². The first-order valence-corrected chi connectivity index (χ1v) is 9.03. The zero-order valence-corrected chi connectivity index (χ0v) is 16.5. The van der Waals surface area contributed by atoms with Gasteiger partial charge in [-0.3, -0.25) is 0 Å². The molecule has 0 spiro atoms. The summed E-state index contributed by atoms with van der Waals surface area (Å²) < 4.78 is 22.4. The second-order valence-electron chi connectivity index (χ2n) is 6.68. The smallest absolute Gasteiger partial charge is 0.124 e. The third kappa shape index (κ3) is 6.36. The lowest BCUT2D eigenvalue weighted by molar-refractivity contribution is 0.0533. The Morgan fingerprint density at radius 3 is 2.31 bits per heavy atom. The predicted octanol–water partition coefficient (Wildman–Crippen LogP) is 4.78. The van der Waals surface area contributed by atoms with Crippen LogP contribution in [0.4, 0.5) is 0 Å². The summed E-state index contributed by atoms with van der Waals surface area (Å²) in [6.45, 7) is 7.27. The van der Waals surface area contributed by atoms with Crippen molar-refractivity contribution in [3.63, 3.8) is 0 Å². The molecule has 2 aromatic carbocycles. The van der Waals surface area contributed by atoms with Crippen molar-refractivity contribution in [3.05, 3.63) is 59.2 Å². The Morgan fingerprint density at radius 1 is 0.808 bits per heavy atom. The zero-order chi connectivity index (χ0) is 18.9. The monoisotopic (exact) mass is 358 g/mol. The molecule has 26 heavy (non-hydrogen) atoms. The standard InChI is InChI=1S/C22H30O4/c1-16(2)25-15-20-10-9-18(13-22(20)24-5)11-17(3)26-14-19-7-6-8-21(12-19)23-4/h6-10,12-13,16-17H,11,14-15H2,1-5H3. The number of methoxy groups -OCH3 is 2. The number of hydrogen-bond acceptors (Lipinski definition) is 4. The van der Waals surface area contributed by atoms with Crippen LogP contribution in [-0.2, 0) is 29.1 Å². The van der Waals surface area contributed by atoms with Gasteiger partial charge < -0.3 is 18.9 Å². The molecule has 0 N–H and O–H groups in total. The van der Waals surface area contributed by atoms with E-state index in [9.17, 15) is 0 Å². The van der Waals surface area contributed by atoms with E-state index in [0.29, 0.717) is 13.2 Å². The Balaban J connectivity index is 1.92. The van der Waals surface area contributed by atoms with Crippen LogP contribution in [0.5, 0.6) is 11.5 Å². The molecule has 0 fully saturated rings.